The van der Waals surface area contributed by atoms with Gasteiger partial charge in [0.1, 0.15) is 5.75 Å². The average molecular weight is 211 g/mol. The molecule has 0 unspecified atom stereocenters. The predicted molar refractivity (Wildman–Crippen MR) is 54.6 cm³/mol. The highest BCUT2D eigenvalue weighted by atomic mass is 16.6. The van der Waals surface area contributed by atoms with Gasteiger partial charge in [-0.2, -0.15) is 0 Å². The van der Waals surface area contributed by atoms with Crippen molar-refractivity contribution >= 4 is 6.09 Å². The van der Waals surface area contributed by atoms with Gasteiger partial charge in [-0.3, -0.25) is 0 Å². The van der Waals surface area contributed by atoms with E-state index in [1.54, 1.807) is 18.2 Å². The standard InChI is InChI=1S/C10H13NO4/c1-11-10(12)15-9-6-7(13-2)4-5-8(9)14-3/h4-6H,1-3H3,(H,11,12). The molecular formula is C10H13NO4. The smallest absolute Gasteiger partial charge is 0.412 e. The van der Waals surface area contributed by atoms with Gasteiger partial charge in [0.25, 0.3) is 0 Å². The Morgan fingerprint density at radius 1 is 1.20 bits per heavy atom. The van der Waals surface area contributed by atoms with E-state index in [-0.39, 0.29) is 0 Å². The molecular weight excluding hydrogens is 198 g/mol. The lowest BCUT2D eigenvalue weighted by molar-refractivity contribution is 0.200. The quantitative estimate of drug-likeness (QED) is 0.821. The summed E-state index contributed by atoms with van der Waals surface area (Å²) in [5.74, 6) is 1.38. The Labute approximate surface area is 87.9 Å². The Balaban J connectivity index is 2.95. The van der Waals surface area contributed by atoms with Crippen molar-refractivity contribution in [3.05, 3.63) is 18.2 Å². The summed E-state index contributed by atoms with van der Waals surface area (Å²) >= 11 is 0. The van der Waals surface area contributed by atoms with Gasteiger partial charge in [0.2, 0.25) is 0 Å². The van der Waals surface area contributed by atoms with Crippen molar-refractivity contribution in [2.24, 2.45) is 0 Å². The lowest BCUT2D eigenvalue weighted by atomic mass is 10.3. The highest BCUT2D eigenvalue weighted by molar-refractivity contribution is 5.71. The Bertz CT molecular complexity index is 351. The fraction of sp³-hybridized carbons (Fsp3) is 0.300. The maximum Gasteiger partial charge on any atom is 0.412 e. The Kier molecular flexibility index (Phi) is 3.79. The van der Waals surface area contributed by atoms with Crippen LogP contribution in [0.3, 0.4) is 0 Å². The summed E-state index contributed by atoms with van der Waals surface area (Å²) in [7, 11) is 4.51. The number of ether oxygens (including phenoxy) is 3. The van der Waals surface area contributed by atoms with E-state index in [0.717, 1.165) is 0 Å². The molecule has 0 radical (unpaired) electrons. The van der Waals surface area contributed by atoms with E-state index in [0.29, 0.717) is 17.2 Å². The third kappa shape index (κ3) is 2.77. The molecule has 5 nitrogen and oxygen atoms in total. The van der Waals surface area contributed by atoms with Gasteiger partial charge in [-0.1, -0.05) is 0 Å². The molecule has 0 heterocycles. The summed E-state index contributed by atoms with van der Waals surface area (Å²) in [6.07, 6.45) is -0.554. The Hall–Kier alpha value is -1.91. The number of amides is 1. The summed E-state index contributed by atoms with van der Waals surface area (Å²) < 4.78 is 15.0. The number of methoxy groups -OCH3 is 2. The molecule has 1 aromatic carbocycles. The van der Waals surface area contributed by atoms with E-state index in [1.807, 2.05) is 0 Å². The minimum absolute atomic E-state index is 0.316. The molecule has 0 atom stereocenters. The Morgan fingerprint density at radius 2 is 1.93 bits per heavy atom. The fourth-order valence-corrected chi connectivity index (χ4v) is 1.01. The largest absolute Gasteiger partial charge is 0.497 e. The van der Waals surface area contributed by atoms with Crippen LogP contribution in [0, 0.1) is 0 Å². The van der Waals surface area contributed by atoms with Crippen molar-refractivity contribution in [1.82, 2.24) is 5.32 Å². The molecule has 0 aromatic heterocycles. The number of nitrogens with one attached hydrogen (secondary N) is 1. The zero-order chi connectivity index (χ0) is 11.3. The molecule has 0 saturated carbocycles. The molecule has 1 N–H and O–H groups in total. The second-order valence-electron chi connectivity index (χ2n) is 2.66. The molecule has 0 aliphatic rings. The maximum absolute atomic E-state index is 11.0. The molecule has 5 heteroatoms. The van der Waals surface area contributed by atoms with Gasteiger partial charge in [0.05, 0.1) is 14.2 Å². The number of hydrogen-bond acceptors (Lipinski definition) is 4. The van der Waals surface area contributed by atoms with Crippen LogP contribution in [-0.4, -0.2) is 27.4 Å². The van der Waals surface area contributed by atoms with Crippen molar-refractivity contribution in [2.75, 3.05) is 21.3 Å². The van der Waals surface area contributed by atoms with Gasteiger partial charge in [-0.05, 0) is 12.1 Å². The first-order valence-corrected chi connectivity index (χ1v) is 4.33. The van der Waals surface area contributed by atoms with Gasteiger partial charge in [-0.15, -0.1) is 0 Å². The maximum atomic E-state index is 11.0. The van der Waals surface area contributed by atoms with Crippen LogP contribution in [0.2, 0.25) is 0 Å². The van der Waals surface area contributed by atoms with Gasteiger partial charge >= 0.3 is 6.09 Å². The summed E-state index contributed by atoms with van der Waals surface area (Å²) in [4.78, 5) is 11.0. The summed E-state index contributed by atoms with van der Waals surface area (Å²) in [6, 6.07) is 4.96. The summed E-state index contributed by atoms with van der Waals surface area (Å²) in [5, 5.41) is 2.34. The number of carbonyl (C=O) groups excluding carboxylic acids is 1. The molecule has 0 fully saturated rings. The minimum atomic E-state index is -0.554. The third-order valence-electron chi connectivity index (χ3n) is 1.78. The molecule has 0 aliphatic heterocycles. The molecule has 1 rings (SSSR count). The zero-order valence-corrected chi connectivity index (χ0v) is 8.87. The van der Waals surface area contributed by atoms with Crippen LogP contribution in [-0.2, 0) is 0 Å². The van der Waals surface area contributed by atoms with E-state index >= 15 is 0 Å². The third-order valence-corrected chi connectivity index (χ3v) is 1.78. The molecule has 0 spiro atoms. The van der Waals surface area contributed by atoms with Gasteiger partial charge in [0.15, 0.2) is 11.5 Å². The topological polar surface area (TPSA) is 56.8 Å². The molecule has 1 amide bonds. The Morgan fingerprint density at radius 3 is 2.47 bits per heavy atom. The predicted octanol–water partition coefficient (Wildman–Crippen LogP) is 1.42. The first-order valence-electron chi connectivity index (χ1n) is 4.33. The summed E-state index contributed by atoms with van der Waals surface area (Å²) in [5.41, 5.74) is 0. The number of rotatable bonds is 3. The van der Waals surface area contributed by atoms with Crippen LogP contribution in [0.15, 0.2) is 18.2 Å². The second-order valence-corrected chi connectivity index (χ2v) is 2.66. The van der Waals surface area contributed by atoms with E-state index in [1.165, 1.54) is 21.3 Å². The fourth-order valence-electron chi connectivity index (χ4n) is 1.01. The molecule has 0 aliphatic carbocycles. The van der Waals surface area contributed by atoms with Gasteiger partial charge in [-0.25, -0.2) is 4.79 Å². The van der Waals surface area contributed by atoms with Crippen LogP contribution < -0.4 is 19.5 Å². The van der Waals surface area contributed by atoms with Gasteiger partial charge < -0.3 is 19.5 Å². The summed E-state index contributed by atoms with van der Waals surface area (Å²) in [6.45, 7) is 0. The second kappa shape index (κ2) is 5.09. The lowest BCUT2D eigenvalue weighted by Gasteiger charge is -2.09. The van der Waals surface area contributed by atoms with Gasteiger partial charge in [0, 0.05) is 13.1 Å². The van der Waals surface area contributed by atoms with E-state index in [9.17, 15) is 4.79 Å². The van der Waals surface area contributed by atoms with Crippen LogP contribution in [0.5, 0.6) is 17.2 Å². The number of carbonyl (C=O) groups is 1. The van der Waals surface area contributed by atoms with E-state index < -0.39 is 6.09 Å². The van der Waals surface area contributed by atoms with Crippen molar-refractivity contribution in [3.63, 3.8) is 0 Å². The van der Waals surface area contributed by atoms with Crippen LogP contribution in [0.25, 0.3) is 0 Å². The first-order chi connectivity index (χ1) is 7.21. The molecule has 15 heavy (non-hydrogen) atoms. The van der Waals surface area contributed by atoms with Crippen molar-refractivity contribution in [2.45, 2.75) is 0 Å². The van der Waals surface area contributed by atoms with Crippen LogP contribution in [0.1, 0.15) is 0 Å². The SMILES string of the molecule is CNC(=O)Oc1cc(OC)ccc1OC. The monoisotopic (exact) mass is 211 g/mol. The van der Waals surface area contributed by atoms with Crippen LogP contribution in [0.4, 0.5) is 4.79 Å². The number of hydrogen-bond donors (Lipinski definition) is 1. The molecule has 1 aromatic rings. The minimum Gasteiger partial charge on any atom is -0.497 e. The number of benzene rings is 1. The average Bonchev–Trinajstić information content (AvgIpc) is 2.28. The zero-order valence-electron chi connectivity index (χ0n) is 8.87. The highest BCUT2D eigenvalue weighted by Gasteiger charge is 2.09. The normalized spacial score (nSPS) is 9.27. The van der Waals surface area contributed by atoms with Crippen LogP contribution >= 0.6 is 0 Å². The molecule has 82 valence electrons. The van der Waals surface area contributed by atoms with E-state index in [2.05, 4.69) is 5.32 Å². The first kappa shape index (κ1) is 11.2. The lowest BCUT2D eigenvalue weighted by Crippen LogP contribution is -2.22. The molecule has 0 saturated heterocycles. The van der Waals surface area contributed by atoms with E-state index in [4.69, 9.17) is 14.2 Å². The molecule has 0 bridgehead atoms. The van der Waals surface area contributed by atoms with Crippen molar-refractivity contribution in [3.8, 4) is 17.2 Å². The van der Waals surface area contributed by atoms with Crippen molar-refractivity contribution in [1.29, 1.82) is 0 Å². The van der Waals surface area contributed by atoms with Crippen molar-refractivity contribution < 1.29 is 19.0 Å². The highest BCUT2D eigenvalue weighted by Crippen LogP contribution is 2.31.